The van der Waals surface area contributed by atoms with Crippen molar-refractivity contribution in [1.29, 1.82) is 0 Å². The van der Waals surface area contributed by atoms with Gasteiger partial charge in [0.05, 0.1) is 5.92 Å². The number of fused-ring (bicyclic) bond motifs is 1. The minimum Gasteiger partial charge on any atom is -0.293 e. The molecule has 0 fully saturated rings. The van der Waals surface area contributed by atoms with Crippen molar-refractivity contribution in [2.75, 3.05) is 0 Å². The molecule has 0 radical (unpaired) electrons. The van der Waals surface area contributed by atoms with Gasteiger partial charge in [0.15, 0.2) is 11.6 Å². The molecular formula is C17H13BrO2. The summed E-state index contributed by atoms with van der Waals surface area (Å²) in [6.45, 7) is 2.00. The van der Waals surface area contributed by atoms with Crippen LogP contribution in [0.4, 0.5) is 0 Å². The second-order valence-electron chi connectivity index (χ2n) is 5.17. The molecule has 0 aliphatic heterocycles. The third kappa shape index (κ3) is 2.22. The van der Waals surface area contributed by atoms with Gasteiger partial charge in [-0.1, -0.05) is 46.3 Å². The predicted molar refractivity (Wildman–Crippen MR) is 81.2 cm³/mol. The van der Waals surface area contributed by atoms with E-state index < -0.39 is 5.92 Å². The molecular weight excluding hydrogens is 316 g/mol. The molecule has 2 aromatic rings. The molecule has 0 atom stereocenters. The number of aryl methyl sites for hydroxylation is 1. The highest BCUT2D eigenvalue weighted by molar-refractivity contribution is 9.10. The van der Waals surface area contributed by atoms with Gasteiger partial charge in [0.25, 0.3) is 0 Å². The number of ketones is 2. The molecule has 2 nitrogen and oxygen atoms in total. The first kappa shape index (κ1) is 13.3. The van der Waals surface area contributed by atoms with Gasteiger partial charge in [-0.05, 0) is 36.6 Å². The molecule has 0 unspecified atom stereocenters. The van der Waals surface area contributed by atoms with Crippen molar-refractivity contribution in [2.45, 2.75) is 13.3 Å². The van der Waals surface area contributed by atoms with Gasteiger partial charge in [0, 0.05) is 15.6 Å². The van der Waals surface area contributed by atoms with Gasteiger partial charge < -0.3 is 0 Å². The van der Waals surface area contributed by atoms with Crippen molar-refractivity contribution >= 4 is 27.5 Å². The molecule has 0 N–H and O–H groups in total. The van der Waals surface area contributed by atoms with Crippen LogP contribution in [0.5, 0.6) is 0 Å². The molecule has 100 valence electrons. The molecule has 0 saturated carbocycles. The van der Waals surface area contributed by atoms with E-state index in [-0.39, 0.29) is 11.6 Å². The lowest BCUT2D eigenvalue weighted by Crippen LogP contribution is -2.18. The van der Waals surface area contributed by atoms with Crippen LogP contribution in [0.3, 0.4) is 0 Å². The fourth-order valence-corrected chi connectivity index (χ4v) is 3.41. The SMILES string of the molecule is Cc1cc(Br)cc(CC2C(=O)c3ccccc3C2=O)c1. The molecule has 1 aliphatic carbocycles. The molecule has 0 saturated heterocycles. The van der Waals surface area contributed by atoms with E-state index in [0.29, 0.717) is 17.5 Å². The van der Waals surface area contributed by atoms with E-state index in [1.807, 2.05) is 25.1 Å². The fourth-order valence-electron chi connectivity index (χ4n) is 2.76. The lowest BCUT2D eigenvalue weighted by Gasteiger charge is -2.08. The number of benzene rings is 2. The van der Waals surface area contributed by atoms with Gasteiger partial charge in [-0.25, -0.2) is 0 Å². The van der Waals surface area contributed by atoms with Crippen LogP contribution >= 0.6 is 15.9 Å². The maximum absolute atomic E-state index is 12.3. The Bertz CT molecular complexity index is 663. The molecule has 0 aromatic heterocycles. The Morgan fingerprint density at radius 3 is 2.15 bits per heavy atom. The van der Waals surface area contributed by atoms with Crippen LogP contribution in [0.1, 0.15) is 31.8 Å². The van der Waals surface area contributed by atoms with Gasteiger partial charge >= 0.3 is 0 Å². The van der Waals surface area contributed by atoms with Gasteiger partial charge in [0.1, 0.15) is 0 Å². The van der Waals surface area contributed by atoms with Crippen molar-refractivity contribution in [3.63, 3.8) is 0 Å². The first-order valence-corrected chi connectivity index (χ1v) is 7.29. The maximum Gasteiger partial charge on any atom is 0.174 e. The number of halogens is 1. The van der Waals surface area contributed by atoms with Crippen LogP contribution < -0.4 is 0 Å². The second-order valence-corrected chi connectivity index (χ2v) is 6.08. The summed E-state index contributed by atoms with van der Waals surface area (Å²) in [6.07, 6.45) is 0.465. The number of hydrogen-bond donors (Lipinski definition) is 0. The Morgan fingerprint density at radius 1 is 1.00 bits per heavy atom. The van der Waals surface area contributed by atoms with Crippen molar-refractivity contribution in [3.8, 4) is 0 Å². The number of Topliss-reactive ketones (excluding diaryl/α,β-unsaturated/α-hetero) is 2. The molecule has 0 amide bonds. The fraction of sp³-hybridized carbons (Fsp3) is 0.176. The van der Waals surface area contributed by atoms with Gasteiger partial charge in [-0.15, -0.1) is 0 Å². The Hall–Kier alpha value is -1.74. The molecule has 3 heteroatoms. The van der Waals surface area contributed by atoms with E-state index in [2.05, 4.69) is 15.9 Å². The van der Waals surface area contributed by atoms with Crippen LogP contribution in [-0.4, -0.2) is 11.6 Å². The molecule has 3 rings (SSSR count). The number of carbonyl (C=O) groups excluding carboxylic acids is 2. The van der Waals surface area contributed by atoms with E-state index in [9.17, 15) is 9.59 Å². The minimum absolute atomic E-state index is 0.0526. The van der Waals surface area contributed by atoms with E-state index >= 15 is 0 Å². The topological polar surface area (TPSA) is 34.1 Å². The molecule has 0 bridgehead atoms. The third-order valence-corrected chi connectivity index (χ3v) is 4.09. The van der Waals surface area contributed by atoms with E-state index in [4.69, 9.17) is 0 Å². The molecule has 20 heavy (non-hydrogen) atoms. The van der Waals surface area contributed by atoms with Gasteiger partial charge in [0.2, 0.25) is 0 Å². The smallest absolute Gasteiger partial charge is 0.174 e. The Kier molecular flexibility index (Phi) is 3.30. The summed E-state index contributed by atoms with van der Waals surface area (Å²) < 4.78 is 0.975. The zero-order valence-corrected chi connectivity index (χ0v) is 12.6. The summed E-state index contributed by atoms with van der Waals surface area (Å²) in [7, 11) is 0. The summed E-state index contributed by atoms with van der Waals surface area (Å²) in [6, 6.07) is 13.1. The minimum atomic E-state index is -0.568. The number of rotatable bonds is 2. The highest BCUT2D eigenvalue weighted by Crippen LogP contribution is 2.30. The lowest BCUT2D eigenvalue weighted by atomic mass is 9.94. The Labute approximate surface area is 125 Å². The van der Waals surface area contributed by atoms with Crippen molar-refractivity contribution < 1.29 is 9.59 Å². The maximum atomic E-state index is 12.3. The quantitative estimate of drug-likeness (QED) is 0.781. The van der Waals surface area contributed by atoms with Crippen LogP contribution in [0, 0.1) is 12.8 Å². The average Bonchev–Trinajstić information content (AvgIpc) is 2.64. The van der Waals surface area contributed by atoms with Crippen molar-refractivity contribution in [3.05, 3.63) is 69.2 Å². The van der Waals surface area contributed by atoms with Crippen molar-refractivity contribution in [2.24, 2.45) is 5.92 Å². The monoisotopic (exact) mass is 328 g/mol. The molecule has 0 heterocycles. The van der Waals surface area contributed by atoms with E-state index in [0.717, 1.165) is 15.6 Å². The summed E-state index contributed by atoms with van der Waals surface area (Å²) in [5.41, 5.74) is 3.25. The summed E-state index contributed by atoms with van der Waals surface area (Å²) in [4.78, 5) is 24.7. The highest BCUT2D eigenvalue weighted by atomic mass is 79.9. The average molecular weight is 329 g/mol. The van der Waals surface area contributed by atoms with Crippen LogP contribution in [0.2, 0.25) is 0 Å². The second kappa shape index (κ2) is 4.98. The van der Waals surface area contributed by atoms with Crippen LogP contribution in [-0.2, 0) is 6.42 Å². The highest BCUT2D eigenvalue weighted by Gasteiger charge is 2.37. The summed E-state index contributed by atoms with van der Waals surface area (Å²) >= 11 is 3.45. The first-order chi connectivity index (χ1) is 9.56. The predicted octanol–water partition coefficient (Wildman–Crippen LogP) is 4.00. The number of carbonyl (C=O) groups is 2. The van der Waals surface area contributed by atoms with Gasteiger partial charge in [-0.3, -0.25) is 9.59 Å². The van der Waals surface area contributed by atoms with Crippen molar-refractivity contribution in [1.82, 2.24) is 0 Å². The normalized spacial score (nSPS) is 14.7. The molecule has 0 spiro atoms. The zero-order chi connectivity index (χ0) is 14.3. The first-order valence-electron chi connectivity index (χ1n) is 6.50. The van der Waals surface area contributed by atoms with Crippen LogP contribution in [0.25, 0.3) is 0 Å². The Balaban J connectivity index is 1.93. The lowest BCUT2D eigenvalue weighted by molar-refractivity contribution is 0.0838. The summed E-state index contributed by atoms with van der Waals surface area (Å²) in [5, 5.41) is 0. The summed E-state index contributed by atoms with van der Waals surface area (Å²) in [5.74, 6) is -0.674. The van der Waals surface area contributed by atoms with E-state index in [1.54, 1.807) is 24.3 Å². The number of hydrogen-bond acceptors (Lipinski definition) is 2. The zero-order valence-electron chi connectivity index (χ0n) is 11.0. The molecule has 1 aliphatic rings. The third-order valence-electron chi connectivity index (χ3n) is 3.63. The Morgan fingerprint density at radius 2 is 1.60 bits per heavy atom. The largest absolute Gasteiger partial charge is 0.293 e. The van der Waals surface area contributed by atoms with E-state index in [1.165, 1.54) is 0 Å². The van der Waals surface area contributed by atoms with Gasteiger partial charge in [-0.2, -0.15) is 0 Å². The molecule has 2 aromatic carbocycles. The standard InChI is InChI=1S/C17H13BrO2/c1-10-6-11(8-12(18)7-10)9-15-16(19)13-4-2-3-5-14(13)17(15)20/h2-8,15H,9H2,1H3. The van der Waals surface area contributed by atoms with Crippen LogP contribution in [0.15, 0.2) is 46.9 Å².